The predicted molar refractivity (Wildman–Crippen MR) is 126 cm³/mol. The average Bonchev–Trinajstić information content (AvgIpc) is 2.87. The molecule has 8 nitrogen and oxygen atoms in total. The number of hydrogen-bond donors (Lipinski definition) is 0. The van der Waals surface area contributed by atoms with E-state index in [0.717, 1.165) is 5.56 Å². The van der Waals surface area contributed by atoms with E-state index < -0.39 is 5.97 Å². The molecule has 1 heterocycles. The zero-order chi connectivity index (χ0) is 24.2. The van der Waals surface area contributed by atoms with Crippen LogP contribution < -0.4 is 29.1 Å². The molecule has 34 heavy (non-hydrogen) atoms. The molecule has 0 aliphatic carbocycles. The number of benzene rings is 3. The van der Waals surface area contributed by atoms with E-state index in [2.05, 4.69) is 0 Å². The van der Waals surface area contributed by atoms with Gasteiger partial charge < -0.3 is 28.1 Å². The first-order valence-corrected chi connectivity index (χ1v) is 10.2. The minimum absolute atomic E-state index is 0.191. The largest absolute Gasteiger partial charge is 0.497 e. The van der Waals surface area contributed by atoms with Crippen molar-refractivity contribution < 1.29 is 32.9 Å². The number of rotatable bonds is 7. The van der Waals surface area contributed by atoms with Crippen molar-refractivity contribution >= 4 is 16.9 Å². The van der Waals surface area contributed by atoms with Gasteiger partial charge in [-0.3, -0.25) is 4.79 Å². The van der Waals surface area contributed by atoms with Crippen molar-refractivity contribution in [2.45, 2.75) is 0 Å². The van der Waals surface area contributed by atoms with Gasteiger partial charge in [0.15, 0.2) is 16.9 Å². The number of hydrogen-bond acceptors (Lipinski definition) is 8. The summed E-state index contributed by atoms with van der Waals surface area (Å²) in [6, 6.07) is 16.1. The lowest BCUT2D eigenvalue weighted by Gasteiger charge is -2.13. The Hall–Kier alpha value is -4.46. The Bertz CT molecular complexity index is 1380. The molecule has 0 N–H and O–H groups in total. The van der Waals surface area contributed by atoms with Crippen LogP contribution in [0.2, 0.25) is 0 Å². The monoisotopic (exact) mass is 462 g/mol. The van der Waals surface area contributed by atoms with Crippen LogP contribution >= 0.6 is 0 Å². The molecule has 0 amide bonds. The van der Waals surface area contributed by atoms with Crippen LogP contribution in [0, 0.1) is 0 Å². The summed E-state index contributed by atoms with van der Waals surface area (Å²) in [5, 5.41) is 0.285. The van der Waals surface area contributed by atoms with Gasteiger partial charge in [-0.25, -0.2) is 4.79 Å². The van der Waals surface area contributed by atoms with Gasteiger partial charge in [0.05, 0.1) is 39.4 Å². The third kappa shape index (κ3) is 4.38. The first kappa shape index (κ1) is 22.7. The van der Waals surface area contributed by atoms with Crippen molar-refractivity contribution in [3.63, 3.8) is 0 Å². The number of carbonyl (C=O) groups excluding carboxylic acids is 1. The standard InChI is InChI=1S/C26H22O8/c1-29-17-7-5-15(6-8-17)22-14-20(27)19-13-18(9-10-21(19)34-22)33-26(28)16-11-23(30-2)25(32-4)24(12-16)31-3/h5-14H,1-4H3. The fourth-order valence-electron chi connectivity index (χ4n) is 3.46. The van der Waals surface area contributed by atoms with E-state index in [-0.39, 0.29) is 22.1 Å². The molecule has 0 radical (unpaired) electrons. The number of esters is 1. The van der Waals surface area contributed by atoms with Crippen LogP contribution in [0.4, 0.5) is 0 Å². The number of methoxy groups -OCH3 is 4. The summed E-state index contributed by atoms with van der Waals surface area (Å²) in [5.74, 6) is 1.65. The first-order chi connectivity index (χ1) is 16.5. The van der Waals surface area contributed by atoms with E-state index >= 15 is 0 Å². The van der Waals surface area contributed by atoms with E-state index in [1.54, 1.807) is 43.5 Å². The van der Waals surface area contributed by atoms with E-state index in [1.807, 2.05) is 0 Å². The third-order valence-electron chi connectivity index (χ3n) is 5.18. The fraction of sp³-hybridized carbons (Fsp3) is 0.154. The molecule has 0 fully saturated rings. The van der Waals surface area contributed by atoms with Gasteiger partial charge in [-0.15, -0.1) is 0 Å². The Kier molecular flexibility index (Phi) is 6.40. The lowest BCUT2D eigenvalue weighted by Crippen LogP contribution is -2.10. The lowest BCUT2D eigenvalue weighted by molar-refractivity contribution is 0.0734. The summed E-state index contributed by atoms with van der Waals surface area (Å²) in [6.07, 6.45) is 0. The van der Waals surface area contributed by atoms with Crippen LogP contribution in [-0.4, -0.2) is 34.4 Å². The topological polar surface area (TPSA) is 93.4 Å². The highest BCUT2D eigenvalue weighted by molar-refractivity contribution is 5.93. The minimum Gasteiger partial charge on any atom is -0.497 e. The van der Waals surface area contributed by atoms with E-state index in [4.69, 9.17) is 28.1 Å². The molecular weight excluding hydrogens is 440 g/mol. The third-order valence-corrected chi connectivity index (χ3v) is 5.18. The molecule has 0 spiro atoms. The molecule has 0 unspecified atom stereocenters. The molecule has 8 heteroatoms. The maximum atomic E-state index is 12.8. The Labute approximate surface area is 195 Å². The Morgan fingerprint density at radius 1 is 0.735 bits per heavy atom. The van der Waals surface area contributed by atoms with Crippen molar-refractivity contribution in [3.8, 4) is 40.1 Å². The van der Waals surface area contributed by atoms with Crippen molar-refractivity contribution in [2.75, 3.05) is 28.4 Å². The van der Waals surface area contributed by atoms with Crippen molar-refractivity contribution in [2.24, 2.45) is 0 Å². The van der Waals surface area contributed by atoms with Crippen molar-refractivity contribution in [3.05, 3.63) is 76.5 Å². The Morgan fingerprint density at radius 3 is 1.97 bits per heavy atom. The molecule has 4 rings (SSSR count). The average molecular weight is 462 g/mol. The van der Waals surface area contributed by atoms with Crippen LogP contribution in [0.5, 0.6) is 28.7 Å². The molecular formula is C26H22O8. The number of ether oxygens (including phenoxy) is 5. The molecule has 4 aromatic rings. The van der Waals surface area contributed by atoms with Crippen LogP contribution in [0.1, 0.15) is 10.4 Å². The van der Waals surface area contributed by atoms with Gasteiger partial charge >= 0.3 is 5.97 Å². The second kappa shape index (κ2) is 9.58. The fourth-order valence-corrected chi connectivity index (χ4v) is 3.46. The van der Waals surface area contributed by atoms with Crippen molar-refractivity contribution in [1.29, 1.82) is 0 Å². The summed E-state index contributed by atoms with van der Waals surface area (Å²) in [5.41, 5.74) is 1.03. The molecule has 0 aliphatic heterocycles. The van der Waals surface area contributed by atoms with E-state index in [0.29, 0.717) is 34.3 Å². The van der Waals surface area contributed by atoms with Gasteiger partial charge in [-0.1, -0.05) is 0 Å². The summed E-state index contributed by atoms with van der Waals surface area (Å²) >= 11 is 0. The maximum Gasteiger partial charge on any atom is 0.343 e. The van der Waals surface area contributed by atoms with Crippen LogP contribution in [0.3, 0.4) is 0 Å². The molecule has 0 bridgehead atoms. The zero-order valence-electron chi connectivity index (χ0n) is 19.0. The van der Waals surface area contributed by atoms with Crippen LogP contribution in [-0.2, 0) is 0 Å². The minimum atomic E-state index is -0.655. The lowest BCUT2D eigenvalue weighted by atomic mass is 10.1. The molecule has 0 saturated carbocycles. The molecule has 174 valence electrons. The second-order valence-electron chi connectivity index (χ2n) is 7.16. The predicted octanol–water partition coefficient (Wildman–Crippen LogP) is 4.71. The second-order valence-corrected chi connectivity index (χ2v) is 7.16. The summed E-state index contributed by atoms with van der Waals surface area (Å²) < 4.78 is 32.4. The maximum absolute atomic E-state index is 12.8. The normalized spacial score (nSPS) is 10.6. The molecule has 0 atom stereocenters. The van der Waals surface area contributed by atoms with E-state index in [1.165, 1.54) is 45.6 Å². The van der Waals surface area contributed by atoms with Gasteiger partial charge in [0, 0.05) is 11.6 Å². The van der Waals surface area contributed by atoms with Crippen LogP contribution in [0.15, 0.2) is 69.9 Å². The van der Waals surface area contributed by atoms with E-state index in [9.17, 15) is 9.59 Å². The summed E-state index contributed by atoms with van der Waals surface area (Å²) in [7, 11) is 5.96. The zero-order valence-corrected chi connectivity index (χ0v) is 19.0. The Morgan fingerprint density at radius 2 is 1.38 bits per heavy atom. The van der Waals surface area contributed by atoms with Gasteiger partial charge in [-0.05, 0) is 54.6 Å². The van der Waals surface area contributed by atoms with Gasteiger partial charge in [0.1, 0.15) is 22.8 Å². The highest BCUT2D eigenvalue weighted by Gasteiger charge is 2.19. The number of fused-ring (bicyclic) bond motifs is 1. The molecule has 1 aromatic heterocycles. The molecule has 0 aliphatic rings. The van der Waals surface area contributed by atoms with Crippen molar-refractivity contribution in [1.82, 2.24) is 0 Å². The smallest absolute Gasteiger partial charge is 0.343 e. The quantitative estimate of drug-likeness (QED) is 0.288. The van der Waals surface area contributed by atoms with Gasteiger partial charge in [0.2, 0.25) is 5.75 Å². The first-order valence-electron chi connectivity index (χ1n) is 10.2. The summed E-state index contributed by atoms with van der Waals surface area (Å²) in [6.45, 7) is 0. The molecule has 3 aromatic carbocycles. The SMILES string of the molecule is COc1ccc(-c2cc(=O)c3cc(OC(=O)c4cc(OC)c(OC)c(OC)c4)ccc3o2)cc1. The highest BCUT2D eigenvalue weighted by atomic mass is 16.5. The number of carbonyl (C=O) groups is 1. The Balaban J connectivity index is 1.64. The highest BCUT2D eigenvalue weighted by Crippen LogP contribution is 2.38. The van der Waals surface area contributed by atoms with Crippen LogP contribution in [0.25, 0.3) is 22.3 Å². The van der Waals surface area contributed by atoms with Gasteiger partial charge in [0.25, 0.3) is 0 Å². The molecule has 0 saturated heterocycles. The summed E-state index contributed by atoms with van der Waals surface area (Å²) in [4.78, 5) is 25.5. The van der Waals surface area contributed by atoms with Gasteiger partial charge in [-0.2, -0.15) is 0 Å².